The molecule has 1 aromatic carbocycles. The predicted octanol–water partition coefficient (Wildman–Crippen LogP) is 2.86. The summed E-state index contributed by atoms with van der Waals surface area (Å²) in [6, 6.07) is 14.3. The third-order valence-electron chi connectivity index (χ3n) is 6.06. The normalized spacial score (nSPS) is 17.0. The number of carbonyl (C=O) groups excluding carboxylic acids is 1. The first-order valence-corrected chi connectivity index (χ1v) is 10.9. The molecule has 0 N–H and O–H groups in total. The maximum absolute atomic E-state index is 13.4. The summed E-state index contributed by atoms with van der Waals surface area (Å²) in [7, 11) is 0. The van der Waals surface area contributed by atoms with Gasteiger partial charge < -0.3 is 14.1 Å². The van der Waals surface area contributed by atoms with E-state index in [4.69, 9.17) is 14.3 Å². The van der Waals surface area contributed by atoms with E-state index in [1.165, 1.54) is 11.3 Å². The van der Waals surface area contributed by atoms with Crippen LogP contribution in [0.5, 0.6) is 0 Å². The zero-order chi connectivity index (χ0) is 21.2. The summed E-state index contributed by atoms with van der Waals surface area (Å²) in [5.74, 6) is 1.90. The van der Waals surface area contributed by atoms with E-state index in [2.05, 4.69) is 17.0 Å². The third-order valence-corrected chi connectivity index (χ3v) is 6.06. The summed E-state index contributed by atoms with van der Waals surface area (Å²) in [6.07, 6.45) is 0.866. The van der Waals surface area contributed by atoms with Gasteiger partial charge in [-0.25, -0.2) is 0 Å². The molecule has 0 unspecified atom stereocenters. The second-order valence-corrected chi connectivity index (χ2v) is 8.29. The lowest BCUT2D eigenvalue weighted by Gasteiger charge is -2.29. The summed E-state index contributed by atoms with van der Waals surface area (Å²) < 4.78 is 13.2. The number of benzene rings is 1. The Morgan fingerprint density at radius 2 is 1.84 bits per heavy atom. The minimum absolute atomic E-state index is 0.0158. The molecule has 7 heteroatoms. The summed E-state index contributed by atoms with van der Waals surface area (Å²) in [5.41, 5.74) is 4.01. The summed E-state index contributed by atoms with van der Waals surface area (Å²) in [6.45, 7) is 7.41. The first kappa shape index (κ1) is 20.0. The van der Waals surface area contributed by atoms with Crippen molar-refractivity contribution < 1.29 is 13.9 Å². The van der Waals surface area contributed by atoms with Crippen molar-refractivity contribution >= 4 is 5.91 Å². The Hall–Kier alpha value is -2.90. The van der Waals surface area contributed by atoms with Crippen LogP contribution in [0.3, 0.4) is 0 Å². The Morgan fingerprint density at radius 1 is 1.03 bits per heavy atom. The molecule has 1 saturated heterocycles. The first-order chi connectivity index (χ1) is 15.2. The molecule has 162 valence electrons. The average Bonchev–Trinajstić information content (AvgIpc) is 3.37. The third kappa shape index (κ3) is 4.29. The lowest BCUT2D eigenvalue weighted by Crippen LogP contribution is -2.41. The van der Waals surface area contributed by atoms with E-state index in [9.17, 15) is 4.79 Å². The molecule has 1 fully saturated rings. The second kappa shape index (κ2) is 8.69. The molecule has 0 saturated carbocycles. The number of rotatable bonds is 5. The fraction of sp³-hybridized carbons (Fsp3) is 0.417. The number of aryl methyl sites for hydroxylation is 1. The van der Waals surface area contributed by atoms with Gasteiger partial charge in [-0.1, -0.05) is 30.3 Å². The lowest BCUT2D eigenvalue weighted by atomic mass is 10.0. The molecule has 4 heterocycles. The molecule has 1 amide bonds. The summed E-state index contributed by atoms with van der Waals surface area (Å²) >= 11 is 0. The second-order valence-electron chi connectivity index (χ2n) is 8.29. The number of amides is 1. The highest BCUT2D eigenvalue weighted by atomic mass is 16.5. The molecule has 2 aliphatic heterocycles. The number of ether oxygens (including phenoxy) is 1. The topological polar surface area (TPSA) is 63.7 Å². The van der Waals surface area contributed by atoms with E-state index >= 15 is 0 Å². The average molecular weight is 421 g/mol. The number of morpholine rings is 1. The van der Waals surface area contributed by atoms with Crippen molar-refractivity contribution in [2.24, 2.45) is 0 Å². The molecular formula is C24H28N4O3. The predicted molar refractivity (Wildman–Crippen MR) is 116 cm³/mol. The molecule has 0 bridgehead atoms. The van der Waals surface area contributed by atoms with Crippen molar-refractivity contribution in [1.82, 2.24) is 19.6 Å². The van der Waals surface area contributed by atoms with Gasteiger partial charge in [0.1, 0.15) is 11.5 Å². The number of nitrogens with zero attached hydrogens (tertiary/aromatic N) is 4. The van der Waals surface area contributed by atoms with Crippen molar-refractivity contribution in [1.29, 1.82) is 0 Å². The number of hydrogen-bond donors (Lipinski definition) is 0. The molecule has 0 atom stereocenters. The molecular weight excluding hydrogens is 392 g/mol. The van der Waals surface area contributed by atoms with Crippen LogP contribution in [0.2, 0.25) is 0 Å². The van der Waals surface area contributed by atoms with Gasteiger partial charge in [0.25, 0.3) is 5.91 Å². The molecule has 3 aromatic rings. The quantitative estimate of drug-likeness (QED) is 0.635. The molecule has 7 nitrogen and oxygen atoms in total. The standard InChI is InChI=1S/C24H28N4O3/c1-18-7-8-20(31-18)16-26-10-9-22-21(17-26)23(24(29)27-11-13-30-14-12-27)25-28(22)15-19-5-3-2-4-6-19/h2-8H,9-17H2,1H3. The Labute approximate surface area is 182 Å². The largest absolute Gasteiger partial charge is 0.465 e. The number of furan rings is 1. The SMILES string of the molecule is Cc1ccc(CN2CCc3c(c(C(=O)N4CCOCC4)nn3Cc3ccccc3)C2)o1. The van der Waals surface area contributed by atoms with Crippen LogP contribution < -0.4 is 0 Å². The smallest absolute Gasteiger partial charge is 0.274 e. The van der Waals surface area contributed by atoms with Gasteiger partial charge in [-0.2, -0.15) is 5.10 Å². The van der Waals surface area contributed by atoms with Gasteiger partial charge in [0, 0.05) is 43.9 Å². The van der Waals surface area contributed by atoms with Crippen LogP contribution in [0, 0.1) is 6.92 Å². The fourth-order valence-corrected chi connectivity index (χ4v) is 4.45. The van der Waals surface area contributed by atoms with Crippen LogP contribution >= 0.6 is 0 Å². The van der Waals surface area contributed by atoms with Gasteiger partial charge >= 0.3 is 0 Å². The van der Waals surface area contributed by atoms with Crippen molar-refractivity contribution in [3.05, 3.63) is 76.5 Å². The van der Waals surface area contributed by atoms with Crippen LogP contribution in [0.25, 0.3) is 0 Å². The first-order valence-electron chi connectivity index (χ1n) is 10.9. The number of carbonyl (C=O) groups is 1. The molecule has 2 aromatic heterocycles. The van der Waals surface area contributed by atoms with Crippen LogP contribution in [0.15, 0.2) is 46.9 Å². The number of hydrogen-bond acceptors (Lipinski definition) is 5. The van der Waals surface area contributed by atoms with Crippen LogP contribution in [0.4, 0.5) is 0 Å². The van der Waals surface area contributed by atoms with Gasteiger partial charge in [-0.15, -0.1) is 0 Å². The van der Waals surface area contributed by atoms with E-state index in [1.54, 1.807) is 0 Å². The Balaban J connectivity index is 1.44. The van der Waals surface area contributed by atoms with E-state index in [0.29, 0.717) is 45.1 Å². The minimum atomic E-state index is 0.0158. The maximum atomic E-state index is 13.4. The zero-order valence-electron chi connectivity index (χ0n) is 17.9. The maximum Gasteiger partial charge on any atom is 0.274 e. The Bertz CT molecular complexity index is 1050. The molecule has 31 heavy (non-hydrogen) atoms. The van der Waals surface area contributed by atoms with Gasteiger partial charge in [0.15, 0.2) is 5.69 Å². The number of fused-ring (bicyclic) bond motifs is 1. The van der Waals surface area contributed by atoms with Gasteiger partial charge in [-0.3, -0.25) is 14.4 Å². The lowest BCUT2D eigenvalue weighted by molar-refractivity contribution is 0.0297. The van der Waals surface area contributed by atoms with Crippen molar-refractivity contribution in [2.45, 2.75) is 33.0 Å². The minimum Gasteiger partial charge on any atom is -0.465 e. The molecule has 0 spiro atoms. The molecule has 5 rings (SSSR count). The van der Waals surface area contributed by atoms with Gasteiger partial charge in [-0.05, 0) is 24.6 Å². The fourth-order valence-electron chi connectivity index (χ4n) is 4.45. The van der Waals surface area contributed by atoms with Crippen molar-refractivity contribution in [2.75, 3.05) is 32.8 Å². The number of aromatic nitrogens is 2. The van der Waals surface area contributed by atoms with E-state index in [0.717, 1.165) is 36.6 Å². The highest BCUT2D eigenvalue weighted by Crippen LogP contribution is 2.26. The van der Waals surface area contributed by atoms with E-state index in [1.807, 2.05) is 46.8 Å². The van der Waals surface area contributed by atoms with Crippen molar-refractivity contribution in [3.8, 4) is 0 Å². The Morgan fingerprint density at radius 3 is 2.58 bits per heavy atom. The Kier molecular flexibility index (Phi) is 5.61. The monoisotopic (exact) mass is 420 g/mol. The van der Waals surface area contributed by atoms with Crippen LogP contribution in [-0.2, 0) is 30.8 Å². The summed E-state index contributed by atoms with van der Waals surface area (Å²) in [4.78, 5) is 17.6. The zero-order valence-corrected chi connectivity index (χ0v) is 17.9. The highest BCUT2D eigenvalue weighted by Gasteiger charge is 2.31. The highest BCUT2D eigenvalue weighted by molar-refractivity contribution is 5.94. The van der Waals surface area contributed by atoms with Crippen molar-refractivity contribution in [3.63, 3.8) is 0 Å². The molecule has 0 radical (unpaired) electrons. The van der Waals surface area contributed by atoms with E-state index < -0.39 is 0 Å². The van der Waals surface area contributed by atoms with Gasteiger partial charge in [0.2, 0.25) is 0 Å². The van der Waals surface area contributed by atoms with Crippen LogP contribution in [0.1, 0.15) is 38.8 Å². The molecule has 2 aliphatic rings. The van der Waals surface area contributed by atoms with E-state index in [-0.39, 0.29) is 5.91 Å². The molecule has 0 aliphatic carbocycles. The van der Waals surface area contributed by atoms with Crippen LogP contribution in [-0.4, -0.2) is 58.3 Å². The van der Waals surface area contributed by atoms with Gasteiger partial charge in [0.05, 0.1) is 26.3 Å². The summed E-state index contributed by atoms with van der Waals surface area (Å²) in [5, 5.41) is 4.84.